The molecule has 6 nitrogen and oxygen atoms in total. The Morgan fingerprint density at radius 2 is 1.70 bits per heavy atom. The molecule has 0 bridgehead atoms. The van der Waals surface area contributed by atoms with Gasteiger partial charge in [-0.2, -0.15) is 18.2 Å². The number of alkyl halides is 3. The second-order valence-corrected chi connectivity index (χ2v) is 7.93. The van der Waals surface area contributed by atoms with Gasteiger partial charge in [0.1, 0.15) is 5.82 Å². The van der Waals surface area contributed by atoms with E-state index >= 15 is 0 Å². The van der Waals surface area contributed by atoms with Crippen molar-refractivity contribution in [2.45, 2.75) is 10.4 Å². The van der Waals surface area contributed by atoms with Gasteiger partial charge in [-0.05, 0) is 42.1 Å². The minimum absolute atomic E-state index is 0.0475. The molecule has 0 unspecified atom stereocenters. The van der Waals surface area contributed by atoms with Crippen molar-refractivity contribution in [3.8, 4) is 0 Å². The Balaban J connectivity index is 1.94. The topological polar surface area (TPSA) is 53.1 Å². The van der Waals surface area contributed by atoms with Crippen molar-refractivity contribution in [1.29, 1.82) is 0 Å². The minimum Gasteiger partial charge on any atom is -0.379 e. The number of urea groups is 1. The van der Waals surface area contributed by atoms with Gasteiger partial charge in [0.05, 0.1) is 24.5 Å². The Morgan fingerprint density at radius 1 is 1.03 bits per heavy atom. The number of ether oxygens (including phenoxy) is 1. The zero-order valence-electron chi connectivity index (χ0n) is 17.0. The standard InChI is InChI=1S/C20H17F6N3O3S/c1-27(16-6-5-12(11-15(16)22)33-20(24,25)26)19(31)29(28-7-9-32-10-8-28)18(30)13-3-2-4-14(21)17(13)23/h2-6,11H,7-10H2,1H3. The number of carbonyl (C=O) groups is 2. The monoisotopic (exact) mass is 493 g/mol. The van der Waals surface area contributed by atoms with Gasteiger partial charge in [0, 0.05) is 25.0 Å². The molecule has 0 N–H and O–H groups in total. The van der Waals surface area contributed by atoms with Gasteiger partial charge < -0.3 is 4.74 Å². The van der Waals surface area contributed by atoms with Crippen molar-refractivity contribution in [2.24, 2.45) is 0 Å². The van der Waals surface area contributed by atoms with Gasteiger partial charge in [0.2, 0.25) is 0 Å². The van der Waals surface area contributed by atoms with Gasteiger partial charge >= 0.3 is 11.5 Å². The fraction of sp³-hybridized carbons (Fsp3) is 0.300. The predicted molar refractivity (Wildman–Crippen MR) is 107 cm³/mol. The Kier molecular flexibility index (Phi) is 7.55. The van der Waals surface area contributed by atoms with Crippen LogP contribution >= 0.6 is 11.8 Å². The Hall–Kier alpha value is -2.77. The normalized spacial score (nSPS) is 14.8. The predicted octanol–water partition coefficient (Wildman–Crippen LogP) is 4.66. The van der Waals surface area contributed by atoms with Crippen LogP contribution in [0.1, 0.15) is 10.4 Å². The number of anilines is 1. The van der Waals surface area contributed by atoms with Gasteiger partial charge in [-0.1, -0.05) is 6.07 Å². The lowest BCUT2D eigenvalue weighted by molar-refractivity contribution is -0.0473. The van der Waals surface area contributed by atoms with Crippen molar-refractivity contribution in [3.63, 3.8) is 0 Å². The van der Waals surface area contributed by atoms with Gasteiger partial charge in [-0.3, -0.25) is 9.69 Å². The summed E-state index contributed by atoms with van der Waals surface area (Å²) in [7, 11) is 1.10. The van der Waals surface area contributed by atoms with Crippen LogP contribution in [0, 0.1) is 17.5 Å². The molecule has 1 saturated heterocycles. The third kappa shape index (κ3) is 5.78. The van der Waals surface area contributed by atoms with Gasteiger partial charge in [-0.25, -0.2) is 23.0 Å². The summed E-state index contributed by atoms with van der Waals surface area (Å²) in [5.74, 6) is -5.11. The maximum Gasteiger partial charge on any atom is 0.446 e. The molecular formula is C20H17F6N3O3S. The molecule has 13 heteroatoms. The lowest BCUT2D eigenvalue weighted by atomic mass is 10.2. The molecule has 2 aromatic carbocycles. The van der Waals surface area contributed by atoms with Crippen molar-refractivity contribution in [3.05, 3.63) is 59.4 Å². The zero-order valence-corrected chi connectivity index (χ0v) is 17.9. The SMILES string of the molecule is CN(C(=O)N(C(=O)c1cccc(F)c1F)N1CCOCC1)c1ccc(SC(F)(F)F)cc1F. The van der Waals surface area contributed by atoms with Crippen LogP contribution < -0.4 is 4.90 Å². The molecule has 0 aliphatic carbocycles. The van der Waals surface area contributed by atoms with Crippen LogP contribution in [0.3, 0.4) is 0 Å². The van der Waals surface area contributed by atoms with E-state index in [4.69, 9.17) is 4.74 Å². The Bertz CT molecular complexity index is 1050. The Morgan fingerprint density at radius 3 is 2.30 bits per heavy atom. The summed E-state index contributed by atoms with van der Waals surface area (Å²) in [4.78, 5) is 26.5. The number of hydrogen-bond acceptors (Lipinski definition) is 5. The van der Waals surface area contributed by atoms with Crippen LogP contribution in [-0.4, -0.2) is 60.8 Å². The van der Waals surface area contributed by atoms with E-state index in [0.29, 0.717) is 16.0 Å². The highest BCUT2D eigenvalue weighted by Gasteiger charge is 2.36. The summed E-state index contributed by atoms with van der Waals surface area (Å²) in [5.41, 5.74) is -5.78. The maximum absolute atomic E-state index is 14.6. The summed E-state index contributed by atoms with van der Waals surface area (Å²) in [6.45, 7) is 0.353. The van der Waals surface area contributed by atoms with Crippen LogP contribution in [0.2, 0.25) is 0 Å². The molecule has 1 heterocycles. The number of carbonyl (C=O) groups excluding carboxylic acids is 2. The maximum atomic E-state index is 14.6. The zero-order chi connectivity index (χ0) is 24.3. The number of imide groups is 1. The van der Waals surface area contributed by atoms with Gasteiger partial charge in [0.25, 0.3) is 5.91 Å². The quantitative estimate of drug-likeness (QED) is 0.458. The Labute approximate surface area is 188 Å². The highest BCUT2D eigenvalue weighted by molar-refractivity contribution is 8.00. The van der Waals surface area contributed by atoms with Crippen molar-refractivity contribution >= 4 is 29.4 Å². The number of halogens is 6. The molecule has 0 atom stereocenters. The number of morpholine rings is 1. The molecule has 2 aromatic rings. The molecule has 3 rings (SSSR count). The molecule has 0 aromatic heterocycles. The average Bonchev–Trinajstić information content (AvgIpc) is 2.75. The largest absolute Gasteiger partial charge is 0.446 e. The fourth-order valence-electron chi connectivity index (χ4n) is 3.07. The molecule has 0 radical (unpaired) electrons. The molecule has 0 saturated carbocycles. The summed E-state index contributed by atoms with van der Waals surface area (Å²) in [6.07, 6.45) is 0. The smallest absolute Gasteiger partial charge is 0.379 e. The molecule has 3 amide bonds. The lowest BCUT2D eigenvalue weighted by Gasteiger charge is -2.37. The number of amides is 3. The van der Waals surface area contributed by atoms with Crippen LogP contribution in [0.25, 0.3) is 0 Å². The van der Waals surface area contributed by atoms with E-state index in [1.165, 1.54) is 5.01 Å². The van der Waals surface area contributed by atoms with Crippen molar-refractivity contribution < 1.29 is 40.7 Å². The second-order valence-electron chi connectivity index (χ2n) is 6.79. The fourth-order valence-corrected chi connectivity index (χ4v) is 3.64. The van der Waals surface area contributed by atoms with E-state index in [1.807, 2.05) is 0 Å². The van der Waals surface area contributed by atoms with E-state index in [-0.39, 0.29) is 26.3 Å². The van der Waals surface area contributed by atoms with Crippen molar-refractivity contribution in [2.75, 3.05) is 38.3 Å². The second kappa shape index (κ2) is 10.0. The van der Waals surface area contributed by atoms with Gasteiger partial charge in [0.15, 0.2) is 11.6 Å². The first-order valence-corrected chi connectivity index (χ1v) is 10.3. The summed E-state index contributed by atoms with van der Waals surface area (Å²) >= 11 is -0.529. The van der Waals surface area contributed by atoms with E-state index in [0.717, 1.165) is 37.4 Å². The first kappa shape index (κ1) is 24.9. The number of rotatable bonds is 4. The molecule has 0 spiro atoms. The summed E-state index contributed by atoms with van der Waals surface area (Å²) < 4.78 is 85.3. The third-order valence-corrected chi connectivity index (χ3v) is 5.35. The molecule has 1 aliphatic rings. The molecular weight excluding hydrogens is 476 g/mol. The van der Waals surface area contributed by atoms with Gasteiger partial charge in [-0.15, -0.1) is 0 Å². The summed E-state index contributed by atoms with van der Waals surface area (Å²) in [5, 5.41) is 1.78. The van der Waals surface area contributed by atoms with Crippen LogP contribution in [0.15, 0.2) is 41.3 Å². The number of hydrazine groups is 1. The molecule has 33 heavy (non-hydrogen) atoms. The number of thioether (sulfide) groups is 1. The van der Waals surface area contributed by atoms with Crippen LogP contribution in [0.4, 0.5) is 36.8 Å². The molecule has 178 valence electrons. The van der Waals surface area contributed by atoms with Crippen LogP contribution in [0.5, 0.6) is 0 Å². The molecule has 1 aliphatic heterocycles. The van der Waals surface area contributed by atoms with Crippen molar-refractivity contribution in [1.82, 2.24) is 10.0 Å². The number of benzene rings is 2. The molecule has 1 fully saturated rings. The average molecular weight is 493 g/mol. The lowest BCUT2D eigenvalue weighted by Crippen LogP contribution is -2.57. The third-order valence-electron chi connectivity index (χ3n) is 4.63. The number of hydrogen-bond donors (Lipinski definition) is 0. The minimum atomic E-state index is -4.63. The van der Waals surface area contributed by atoms with E-state index in [2.05, 4.69) is 0 Å². The van der Waals surface area contributed by atoms with E-state index < -0.39 is 62.8 Å². The van der Waals surface area contributed by atoms with E-state index in [1.54, 1.807) is 0 Å². The summed E-state index contributed by atoms with van der Waals surface area (Å²) in [6, 6.07) is 4.28. The van der Waals surface area contributed by atoms with E-state index in [9.17, 15) is 35.9 Å². The first-order chi connectivity index (χ1) is 15.5. The van der Waals surface area contributed by atoms with Crippen LogP contribution in [-0.2, 0) is 4.74 Å². The number of nitrogens with zero attached hydrogens (tertiary/aromatic N) is 3. The highest BCUT2D eigenvalue weighted by atomic mass is 32.2. The first-order valence-electron chi connectivity index (χ1n) is 9.43. The highest BCUT2D eigenvalue weighted by Crippen LogP contribution is 2.38.